The Morgan fingerprint density at radius 3 is 2.25 bits per heavy atom. The van der Waals surface area contributed by atoms with E-state index in [1.165, 1.54) is 0 Å². The molecule has 0 amide bonds. The van der Waals surface area contributed by atoms with Crippen LogP contribution in [0.1, 0.15) is 10.4 Å². The predicted molar refractivity (Wildman–Crippen MR) is 67.0 cm³/mol. The number of carbonyl (C=O) groups is 1. The summed E-state index contributed by atoms with van der Waals surface area (Å²) in [5.74, 6) is -0.470. The van der Waals surface area contributed by atoms with Crippen LogP contribution in [0.25, 0.3) is 0 Å². The van der Waals surface area contributed by atoms with Gasteiger partial charge in [0.05, 0.1) is 0 Å². The second kappa shape index (κ2) is 10.8. The van der Waals surface area contributed by atoms with Gasteiger partial charge in [0, 0.05) is 67.4 Å². The van der Waals surface area contributed by atoms with E-state index in [4.69, 9.17) is 5.26 Å². The van der Waals surface area contributed by atoms with E-state index < -0.39 is 0 Å². The molecule has 16 heavy (non-hydrogen) atoms. The van der Waals surface area contributed by atoms with E-state index in [9.17, 15) is 4.79 Å². The zero-order valence-electron chi connectivity index (χ0n) is 9.10. The molecule has 1 rings (SSSR count). The largest absolute Gasteiger partial charge is 1.00 e. The monoisotopic (exact) mass is 298 g/mol. The Morgan fingerprint density at radius 2 is 1.88 bits per heavy atom. The van der Waals surface area contributed by atoms with Gasteiger partial charge >= 0.3 is 51.4 Å². The average molecular weight is 298 g/mol. The van der Waals surface area contributed by atoms with Crippen molar-refractivity contribution < 1.29 is 56.2 Å². The first-order valence-corrected chi connectivity index (χ1v) is 4.62. The van der Waals surface area contributed by atoms with Crippen molar-refractivity contribution in [2.75, 3.05) is 0 Å². The Balaban J connectivity index is 0. The minimum absolute atomic E-state index is 0. The van der Waals surface area contributed by atoms with Crippen LogP contribution in [0.3, 0.4) is 0 Å². The third-order valence-electron chi connectivity index (χ3n) is 1.59. The molecule has 0 aliphatic heterocycles. The molecule has 0 saturated heterocycles. The van der Waals surface area contributed by atoms with Gasteiger partial charge in [-0.2, -0.15) is 12.6 Å². The van der Waals surface area contributed by atoms with Gasteiger partial charge in [0.2, 0.25) is 0 Å². The second-order valence-corrected chi connectivity index (χ2v) is 3.65. The van der Waals surface area contributed by atoms with Gasteiger partial charge in [0.25, 0.3) is 0 Å². The van der Waals surface area contributed by atoms with Crippen molar-refractivity contribution in [2.24, 2.45) is 0 Å². The number of nitrogens with zero attached hydrogens (tertiary/aromatic N) is 1. The minimum Gasteiger partial charge on any atom is -0.330 e. The number of carbonyl (C=O) groups excluding carboxylic acids is 1. The van der Waals surface area contributed by atoms with Crippen LogP contribution in [-0.2, 0) is 0 Å². The number of hydrogen-bond acceptors (Lipinski definition) is 3. The summed E-state index contributed by atoms with van der Waals surface area (Å²) in [5, 5.41) is 8.68. The second-order valence-electron chi connectivity index (χ2n) is 2.49. The predicted octanol–water partition coefficient (Wildman–Crippen LogP) is -1.15. The summed E-state index contributed by atoms with van der Waals surface area (Å²) in [4.78, 5) is 11.6. The van der Waals surface area contributed by atoms with Crippen LogP contribution in [0.4, 0.5) is 0 Å². The summed E-state index contributed by atoms with van der Waals surface area (Å²) >= 11 is 8.49. The fourth-order valence-corrected chi connectivity index (χ4v) is 1.22. The van der Waals surface area contributed by atoms with E-state index in [1.54, 1.807) is 36.4 Å². The molecule has 1 aromatic rings. The SMILES string of the molecule is N#C[C-](C(=O)c1ccccc1)C(=S)S.[K+].[K]. The van der Waals surface area contributed by atoms with Gasteiger partial charge in [0.1, 0.15) is 0 Å². The van der Waals surface area contributed by atoms with Gasteiger partial charge in [0.15, 0.2) is 0 Å². The summed E-state index contributed by atoms with van der Waals surface area (Å²) < 4.78 is 0.0290. The van der Waals surface area contributed by atoms with Crippen molar-refractivity contribution in [1.29, 1.82) is 5.26 Å². The molecule has 0 spiro atoms. The molecule has 0 N–H and O–H groups in total. The molecule has 1 radical (unpaired) electrons. The van der Waals surface area contributed by atoms with Crippen LogP contribution in [0.15, 0.2) is 30.3 Å². The van der Waals surface area contributed by atoms with E-state index >= 15 is 0 Å². The van der Waals surface area contributed by atoms with Crippen LogP contribution in [0.2, 0.25) is 0 Å². The maximum Gasteiger partial charge on any atom is 1.00 e. The van der Waals surface area contributed by atoms with Crippen LogP contribution in [0.5, 0.6) is 0 Å². The molecule has 0 aliphatic rings. The van der Waals surface area contributed by atoms with Crippen molar-refractivity contribution in [2.45, 2.75) is 0 Å². The summed E-state index contributed by atoms with van der Waals surface area (Å²) in [6.45, 7) is 0. The molecule has 0 saturated carbocycles. The molecule has 0 heterocycles. The van der Waals surface area contributed by atoms with Gasteiger partial charge in [-0.3, -0.25) is 0 Å². The van der Waals surface area contributed by atoms with Gasteiger partial charge in [-0.05, 0) is 5.92 Å². The zero-order chi connectivity index (χ0) is 10.6. The summed E-state index contributed by atoms with van der Waals surface area (Å²) in [5.41, 5.74) is 0.445. The first-order chi connectivity index (χ1) is 6.66. The first-order valence-electron chi connectivity index (χ1n) is 3.77. The number of rotatable bonds is 3. The third-order valence-corrected chi connectivity index (χ3v) is 2.02. The van der Waals surface area contributed by atoms with Crippen molar-refractivity contribution in [1.82, 2.24) is 0 Å². The quantitative estimate of drug-likeness (QED) is 0.252. The van der Waals surface area contributed by atoms with Crippen LogP contribution < -0.4 is 51.4 Å². The van der Waals surface area contributed by atoms with Gasteiger partial charge in [-0.1, -0.05) is 30.4 Å². The maximum absolute atomic E-state index is 11.6. The number of thiol groups is 1. The summed E-state index contributed by atoms with van der Waals surface area (Å²) in [7, 11) is 0. The minimum atomic E-state index is -0.381. The molecule has 0 aliphatic carbocycles. The Morgan fingerprint density at radius 1 is 1.38 bits per heavy atom. The smallest absolute Gasteiger partial charge is 0.330 e. The normalized spacial score (nSPS) is 7.75. The Labute approximate surface area is 191 Å². The number of nitriles is 1. The standard InChI is InChI=1S/C10H6NOS2.2K/c11-6-8(10(13)14)9(12)7-4-2-1-3-5-7;;/h1-5H,(H,13,14);;/q-1;;+1. The van der Waals surface area contributed by atoms with E-state index in [1.807, 2.05) is 0 Å². The molecule has 0 fully saturated rings. The summed E-state index contributed by atoms with van der Waals surface area (Å²) in [6, 6.07) is 10.3. The molecule has 0 aromatic heterocycles. The van der Waals surface area contributed by atoms with E-state index in [0.717, 1.165) is 0 Å². The first kappa shape index (κ1) is 20.3. The zero-order valence-corrected chi connectivity index (χ0v) is 17.1. The molecular formula is C10H6K2NOS2. The average Bonchev–Trinajstić information content (AvgIpc) is 2.19. The van der Waals surface area contributed by atoms with Crippen molar-refractivity contribution in [3.63, 3.8) is 0 Å². The number of Topliss-reactive ketones (excluding diaryl/α,β-unsaturated/α-hetero) is 1. The topological polar surface area (TPSA) is 40.9 Å². The van der Waals surface area contributed by atoms with E-state index in [-0.39, 0.29) is 119 Å². The van der Waals surface area contributed by atoms with Crippen LogP contribution in [0, 0.1) is 17.2 Å². The molecule has 2 nitrogen and oxygen atoms in total. The van der Waals surface area contributed by atoms with Crippen LogP contribution in [-0.4, -0.2) is 61.4 Å². The Bertz CT molecular complexity index is 403. The van der Waals surface area contributed by atoms with Gasteiger partial charge < -0.3 is 4.79 Å². The Kier molecular flexibility index (Phi) is 13.7. The summed E-state index contributed by atoms with van der Waals surface area (Å²) in [6.07, 6.45) is 0. The molecular weight excluding hydrogens is 292 g/mol. The third kappa shape index (κ3) is 6.22. The van der Waals surface area contributed by atoms with Crippen LogP contribution >= 0.6 is 24.8 Å². The molecule has 0 bridgehead atoms. The molecule has 0 atom stereocenters. The van der Waals surface area contributed by atoms with Crippen molar-refractivity contribution in [3.8, 4) is 6.07 Å². The number of ketones is 1. The molecule has 71 valence electrons. The number of hydrogen-bond donors (Lipinski definition) is 1. The van der Waals surface area contributed by atoms with Crippen molar-refractivity contribution in [3.05, 3.63) is 41.8 Å². The van der Waals surface area contributed by atoms with Crippen molar-refractivity contribution >= 4 is 86.2 Å². The van der Waals surface area contributed by atoms with E-state index in [2.05, 4.69) is 24.8 Å². The van der Waals surface area contributed by atoms with Gasteiger partial charge in [-0.15, -0.1) is 17.7 Å². The Hall–Kier alpha value is 1.96. The molecule has 6 heteroatoms. The molecule has 1 aromatic carbocycles. The number of thiocarbonyl (C=S) groups is 1. The fourth-order valence-electron chi connectivity index (χ4n) is 0.930. The molecule has 0 unspecified atom stereocenters. The fraction of sp³-hybridized carbons (Fsp3) is 0. The number of benzene rings is 1. The van der Waals surface area contributed by atoms with Gasteiger partial charge in [-0.25, -0.2) is 5.26 Å². The maximum atomic E-state index is 11.6. The van der Waals surface area contributed by atoms with E-state index in [0.29, 0.717) is 5.56 Å².